The zero-order chi connectivity index (χ0) is 14.8. The largest absolute Gasteiger partial charge is 0.390 e. The van der Waals surface area contributed by atoms with Gasteiger partial charge in [-0.05, 0) is 19.9 Å². The lowest BCUT2D eigenvalue weighted by Gasteiger charge is -2.03. The fourth-order valence-corrected chi connectivity index (χ4v) is 2.99. The van der Waals surface area contributed by atoms with E-state index in [1.807, 2.05) is 13.8 Å². The van der Waals surface area contributed by atoms with E-state index in [1.54, 1.807) is 15.4 Å². The summed E-state index contributed by atoms with van der Waals surface area (Å²) in [5, 5.41) is 13.2. The Balaban J connectivity index is 2.27. The molecule has 0 atom stereocenters. The Labute approximate surface area is 117 Å². The molecule has 0 aliphatic heterocycles. The van der Waals surface area contributed by atoms with E-state index >= 15 is 0 Å². The number of aryl methyl sites for hydroxylation is 2. The van der Waals surface area contributed by atoms with Gasteiger partial charge in [0, 0.05) is 31.2 Å². The second kappa shape index (κ2) is 5.68. The zero-order valence-corrected chi connectivity index (χ0v) is 12.3. The summed E-state index contributed by atoms with van der Waals surface area (Å²) in [5.74, 6) is 0. The van der Waals surface area contributed by atoms with Crippen molar-refractivity contribution in [2.24, 2.45) is 0 Å². The first kappa shape index (κ1) is 14.6. The molecule has 0 saturated carbocycles. The number of nitrogens with zero attached hydrogens (tertiary/aromatic N) is 3. The summed E-state index contributed by atoms with van der Waals surface area (Å²) in [6, 6.07) is 1.47. The maximum absolute atomic E-state index is 12.3. The summed E-state index contributed by atoms with van der Waals surface area (Å²) in [7, 11) is -3.67. The second-order valence-corrected chi connectivity index (χ2v) is 5.98. The average molecular weight is 298 g/mol. The SMILES string of the molecule is CCn1cc(NS(=O)(=O)c2cc(CO)n(CC)c2)cn1. The standard InChI is InChI=1S/C12H18N4O3S/c1-3-15-8-12(5-11(15)9-17)20(18,19)14-10-6-13-16(4-2)7-10/h5-8,14,17H,3-4,9H2,1-2H3. The lowest BCUT2D eigenvalue weighted by molar-refractivity contribution is 0.271. The molecule has 0 fully saturated rings. The third-order valence-electron chi connectivity index (χ3n) is 2.98. The van der Waals surface area contributed by atoms with E-state index in [0.717, 1.165) is 0 Å². The molecule has 20 heavy (non-hydrogen) atoms. The van der Waals surface area contributed by atoms with E-state index < -0.39 is 10.0 Å². The van der Waals surface area contributed by atoms with Crippen molar-refractivity contribution in [2.75, 3.05) is 4.72 Å². The van der Waals surface area contributed by atoms with Gasteiger partial charge in [0.05, 0.1) is 18.5 Å². The van der Waals surface area contributed by atoms with E-state index in [4.69, 9.17) is 0 Å². The van der Waals surface area contributed by atoms with E-state index in [2.05, 4.69) is 9.82 Å². The molecule has 0 radical (unpaired) electrons. The lowest BCUT2D eigenvalue weighted by atomic mass is 10.4. The van der Waals surface area contributed by atoms with Crippen molar-refractivity contribution in [3.05, 3.63) is 30.4 Å². The normalized spacial score (nSPS) is 11.8. The number of sulfonamides is 1. The summed E-state index contributed by atoms with van der Waals surface area (Å²) >= 11 is 0. The number of aliphatic hydroxyl groups is 1. The molecular formula is C12H18N4O3S. The minimum atomic E-state index is -3.67. The van der Waals surface area contributed by atoms with Crippen LogP contribution < -0.4 is 4.72 Å². The molecule has 0 aliphatic carbocycles. The van der Waals surface area contributed by atoms with Gasteiger partial charge in [-0.15, -0.1) is 0 Å². The van der Waals surface area contributed by atoms with Crippen molar-refractivity contribution in [1.29, 1.82) is 0 Å². The number of hydrogen-bond donors (Lipinski definition) is 2. The van der Waals surface area contributed by atoms with Crippen LogP contribution in [0.5, 0.6) is 0 Å². The Hall–Kier alpha value is -1.80. The van der Waals surface area contributed by atoms with Crippen LogP contribution in [0.1, 0.15) is 19.5 Å². The summed E-state index contributed by atoms with van der Waals surface area (Å²) < 4.78 is 30.3. The monoisotopic (exact) mass is 298 g/mol. The third-order valence-corrected chi connectivity index (χ3v) is 4.33. The number of aliphatic hydroxyl groups excluding tert-OH is 1. The molecule has 2 aromatic heterocycles. The maximum Gasteiger partial charge on any atom is 0.263 e. The van der Waals surface area contributed by atoms with E-state index in [-0.39, 0.29) is 11.5 Å². The van der Waals surface area contributed by atoms with Gasteiger partial charge in [-0.3, -0.25) is 9.40 Å². The maximum atomic E-state index is 12.3. The fourth-order valence-electron chi connectivity index (χ4n) is 1.90. The minimum absolute atomic E-state index is 0.132. The van der Waals surface area contributed by atoms with Crippen molar-refractivity contribution in [3.63, 3.8) is 0 Å². The summed E-state index contributed by atoms with van der Waals surface area (Å²) in [5.41, 5.74) is 0.985. The highest BCUT2D eigenvalue weighted by atomic mass is 32.2. The van der Waals surface area contributed by atoms with Crippen LogP contribution in [0.25, 0.3) is 0 Å². The molecule has 0 aliphatic rings. The first-order valence-electron chi connectivity index (χ1n) is 6.35. The molecule has 8 heteroatoms. The van der Waals surface area contributed by atoms with Crippen molar-refractivity contribution >= 4 is 15.7 Å². The fraction of sp³-hybridized carbons (Fsp3) is 0.417. The lowest BCUT2D eigenvalue weighted by Crippen LogP contribution is -2.11. The quantitative estimate of drug-likeness (QED) is 0.833. The highest BCUT2D eigenvalue weighted by molar-refractivity contribution is 7.92. The molecule has 110 valence electrons. The van der Waals surface area contributed by atoms with E-state index in [1.165, 1.54) is 18.5 Å². The Morgan fingerprint density at radius 1 is 1.30 bits per heavy atom. The predicted molar refractivity (Wildman–Crippen MR) is 74.7 cm³/mol. The predicted octanol–water partition coefficient (Wildman–Crippen LogP) is 1.02. The van der Waals surface area contributed by atoms with Crippen LogP contribution in [-0.2, 0) is 29.7 Å². The van der Waals surface area contributed by atoms with Gasteiger partial charge in [-0.2, -0.15) is 5.10 Å². The topological polar surface area (TPSA) is 89.1 Å². The van der Waals surface area contributed by atoms with Crippen LogP contribution >= 0.6 is 0 Å². The molecule has 2 rings (SSSR count). The molecule has 0 amide bonds. The molecular weight excluding hydrogens is 280 g/mol. The van der Waals surface area contributed by atoms with Crippen LogP contribution in [0.2, 0.25) is 0 Å². The number of aromatic nitrogens is 3. The highest BCUT2D eigenvalue weighted by Crippen LogP contribution is 2.18. The van der Waals surface area contributed by atoms with Gasteiger partial charge >= 0.3 is 0 Å². The number of anilines is 1. The van der Waals surface area contributed by atoms with Crippen LogP contribution in [-0.4, -0.2) is 27.9 Å². The van der Waals surface area contributed by atoms with Gasteiger partial charge in [0.1, 0.15) is 4.90 Å². The Morgan fingerprint density at radius 2 is 2.05 bits per heavy atom. The molecule has 0 unspecified atom stereocenters. The molecule has 0 bridgehead atoms. The van der Waals surface area contributed by atoms with Crippen molar-refractivity contribution < 1.29 is 13.5 Å². The smallest absolute Gasteiger partial charge is 0.263 e. The average Bonchev–Trinajstić information content (AvgIpc) is 3.03. The molecule has 2 heterocycles. The van der Waals surface area contributed by atoms with Crippen molar-refractivity contribution in [3.8, 4) is 0 Å². The van der Waals surface area contributed by atoms with E-state index in [0.29, 0.717) is 24.5 Å². The molecule has 2 N–H and O–H groups in total. The molecule has 0 saturated heterocycles. The Morgan fingerprint density at radius 3 is 2.55 bits per heavy atom. The zero-order valence-electron chi connectivity index (χ0n) is 11.4. The van der Waals surface area contributed by atoms with Gasteiger partial charge in [0.25, 0.3) is 10.0 Å². The van der Waals surface area contributed by atoms with Gasteiger partial charge in [0.2, 0.25) is 0 Å². The van der Waals surface area contributed by atoms with Crippen LogP contribution in [0.15, 0.2) is 29.6 Å². The number of hydrogen-bond acceptors (Lipinski definition) is 4. The molecule has 0 aromatic carbocycles. The number of nitrogens with one attached hydrogen (secondary N) is 1. The van der Waals surface area contributed by atoms with Gasteiger partial charge in [-0.1, -0.05) is 0 Å². The van der Waals surface area contributed by atoms with E-state index in [9.17, 15) is 13.5 Å². The van der Waals surface area contributed by atoms with Crippen LogP contribution in [0.4, 0.5) is 5.69 Å². The first-order valence-corrected chi connectivity index (χ1v) is 7.83. The highest BCUT2D eigenvalue weighted by Gasteiger charge is 2.18. The van der Waals surface area contributed by atoms with Gasteiger partial charge in [-0.25, -0.2) is 8.42 Å². The van der Waals surface area contributed by atoms with Gasteiger partial charge < -0.3 is 9.67 Å². The first-order chi connectivity index (χ1) is 9.50. The van der Waals surface area contributed by atoms with Crippen molar-refractivity contribution in [2.45, 2.75) is 38.4 Å². The van der Waals surface area contributed by atoms with Crippen molar-refractivity contribution in [1.82, 2.24) is 14.3 Å². The van der Waals surface area contributed by atoms with Crippen LogP contribution in [0, 0.1) is 0 Å². The summed E-state index contributed by atoms with van der Waals surface area (Å²) in [6.45, 7) is 4.87. The molecule has 7 nitrogen and oxygen atoms in total. The number of rotatable bonds is 6. The summed E-state index contributed by atoms with van der Waals surface area (Å²) in [6.07, 6.45) is 4.60. The Kier molecular flexibility index (Phi) is 4.15. The molecule has 2 aromatic rings. The Bertz CT molecular complexity index is 666. The van der Waals surface area contributed by atoms with Crippen LogP contribution in [0.3, 0.4) is 0 Å². The second-order valence-electron chi connectivity index (χ2n) is 4.30. The minimum Gasteiger partial charge on any atom is -0.390 e. The third kappa shape index (κ3) is 2.86. The summed E-state index contributed by atoms with van der Waals surface area (Å²) in [4.78, 5) is 0.132. The van der Waals surface area contributed by atoms with Gasteiger partial charge in [0.15, 0.2) is 0 Å². The molecule has 0 spiro atoms.